The van der Waals surface area contributed by atoms with Crippen molar-refractivity contribution in [3.8, 4) is 0 Å². The van der Waals surface area contributed by atoms with Crippen molar-refractivity contribution < 1.29 is 0 Å². The van der Waals surface area contributed by atoms with Crippen LogP contribution in [0.25, 0.3) is 0 Å². The van der Waals surface area contributed by atoms with Crippen molar-refractivity contribution in [1.29, 1.82) is 0 Å². The average Bonchev–Trinajstić information content (AvgIpc) is 2.34. The fourth-order valence-electron chi connectivity index (χ4n) is 2.04. The van der Waals surface area contributed by atoms with Crippen LogP contribution >= 0.6 is 27.5 Å². The predicted molar refractivity (Wildman–Crippen MR) is 83.3 cm³/mol. The van der Waals surface area contributed by atoms with Gasteiger partial charge in [0.05, 0.1) is 0 Å². The number of hydrogen-bond donors (Lipinski definition) is 1. The van der Waals surface area contributed by atoms with Gasteiger partial charge in [-0.2, -0.15) is 0 Å². The number of nitrogens with zero attached hydrogens (tertiary/aromatic N) is 2. The maximum atomic E-state index is 6.10. The summed E-state index contributed by atoms with van der Waals surface area (Å²) in [5.74, 6) is 0.774. The molecule has 3 nitrogen and oxygen atoms in total. The largest absolute Gasteiger partial charge is 0.339 e. The zero-order valence-corrected chi connectivity index (χ0v) is 13.4. The van der Waals surface area contributed by atoms with Crippen LogP contribution in [0.4, 0.5) is 11.5 Å². The fraction of sp³-hybridized carbons (Fsp3) is 0.286. The van der Waals surface area contributed by atoms with Crippen molar-refractivity contribution in [3.63, 3.8) is 0 Å². The Bertz CT molecular complexity index is 591. The lowest BCUT2D eigenvalue weighted by Crippen LogP contribution is -2.03. The van der Waals surface area contributed by atoms with E-state index in [1.54, 1.807) is 0 Å². The van der Waals surface area contributed by atoms with E-state index in [-0.39, 0.29) is 0 Å². The second kappa shape index (κ2) is 5.88. The van der Waals surface area contributed by atoms with Gasteiger partial charge in [0, 0.05) is 15.7 Å². The zero-order chi connectivity index (χ0) is 14.0. The highest BCUT2D eigenvalue weighted by Crippen LogP contribution is 2.30. The molecule has 100 valence electrons. The summed E-state index contributed by atoms with van der Waals surface area (Å²) in [7, 11) is 0. The van der Waals surface area contributed by atoms with Crippen LogP contribution in [0.5, 0.6) is 0 Å². The van der Waals surface area contributed by atoms with Crippen molar-refractivity contribution >= 4 is 39.0 Å². The zero-order valence-electron chi connectivity index (χ0n) is 11.1. The van der Waals surface area contributed by atoms with Gasteiger partial charge in [-0.15, -0.1) is 0 Å². The normalized spacial score (nSPS) is 10.6. The molecule has 0 unspecified atom stereocenters. The summed E-state index contributed by atoms with van der Waals surface area (Å²) < 4.78 is 1.07. The highest BCUT2D eigenvalue weighted by molar-refractivity contribution is 9.10. The molecule has 2 rings (SSSR count). The van der Waals surface area contributed by atoms with E-state index in [0.29, 0.717) is 5.15 Å². The maximum absolute atomic E-state index is 6.10. The summed E-state index contributed by atoms with van der Waals surface area (Å²) in [6, 6.07) is 4.15. The highest BCUT2D eigenvalue weighted by atomic mass is 79.9. The number of aromatic nitrogens is 2. The topological polar surface area (TPSA) is 37.8 Å². The van der Waals surface area contributed by atoms with Gasteiger partial charge >= 0.3 is 0 Å². The summed E-state index contributed by atoms with van der Waals surface area (Å²) in [5.41, 5.74) is 4.31. The Labute approximate surface area is 126 Å². The molecule has 0 amide bonds. The van der Waals surface area contributed by atoms with Crippen LogP contribution in [0, 0.1) is 13.8 Å². The van der Waals surface area contributed by atoms with E-state index >= 15 is 0 Å². The van der Waals surface area contributed by atoms with E-state index in [4.69, 9.17) is 11.6 Å². The third kappa shape index (κ3) is 3.07. The quantitative estimate of drug-likeness (QED) is 0.814. The molecule has 0 saturated carbocycles. The molecule has 1 heterocycles. The van der Waals surface area contributed by atoms with Gasteiger partial charge in [-0.1, -0.05) is 34.5 Å². The molecule has 2 aromatic rings. The van der Waals surface area contributed by atoms with Crippen LogP contribution in [-0.2, 0) is 6.42 Å². The molecule has 1 aromatic carbocycles. The van der Waals surface area contributed by atoms with Crippen LogP contribution in [0.3, 0.4) is 0 Å². The molecule has 1 N–H and O–H groups in total. The summed E-state index contributed by atoms with van der Waals surface area (Å²) in [5, 5.41) is 3.88. The average molecular weight is 341 g/mol. The number of nitrogens with one attached hydrogen (secondary N) is 1. The molecule has 0 radical (unpaired) electrons. The summed E-state index contributed by atoms with van der Waals surface area (Å²) in [6.07, 6.45) is 2.27. The molecular weight excluding hydrogens is 326 g/mol. The number of halogens is 2. The van der Waals surface area contributed by atoms with Gasteiger partial charge in [0.1, 0.15) is 17.3 Å². The first-order chi connectivity index (χ1) is 9.02. The number of hydrogen-bond acceptors (Lipinski definition) is 3. The van der Waals surface area contributed by atoms with Crippen molar-refractivity contribution in [3.05, 3.63) is 44.8 Å². The van der Waals surface area contributed by atoms with Crippen LogP contribution in [0.2, 0.25) is 5.15 Å². The minimum absolute atomic E-state index is 0.507. The van der Waals surface area contributed by atoms with Crippen LogP contribution in [0.15, 0.2) is 22.9 Å². The van der Waals surface area contributed by atoms with Gasteiger partial charge in [-0.05, 0) is 43.5 Å². The van der Waals surface area contributed by atoms with Gasteiger partial charge < -0.3 is 5.32 Å². The van der Waals surface area contributed by atoms with Crippen LogP contribution in [0.1, 0.15) is 23.6 Å². The highest BCUT2D eigenvalue weighted by Gasteiger charge is 2.11. The standard InChI is InChI=1S/C14H15BrClN3/c1-4-11-13(16)17-7-18-14(11)19-12-8(2)5-10(15)6-9(12)3/h5-7H,4H2,1-3H3,(H,17,18,19). The molecular formula is C14H15BrClN3. The second-order valence-corrected chi connectivity index (χ2v) is 5.66. The van der Waals surface area contributed by atoms with E-state index in [9.17, 15) is 0 Å². The van der Waals surface area contributed by atoms with E-state index in [0.717, 1.165) is 39.1 Å². The van der Waals surface area contributed by atoms with Crippen molar-refractivity contribution in [2.45, 2.75) is 27.2 Å². The Balaban J connectivity index is 2.45. The molecule has 19 heavy (non-hydrogen) atoms. The first kappa shape index (κ1) is 14.3. The summed E-state index contributed by atoms with van der Waals surface area (Å²) in [6.45, 7) is 6.17. The predicted octanol–water partition coefficient (Wildman–Crippen LogP) is 4.82. The third-order valence-electron chi connectivity index (χ3n) is 2.99. The number of benzene rings is 1. The minimum atomic E-state index is 0.507. The molecule has 0 fully saturated rings. The van der Waals surface area contributed by atoms with Crippen LogP contribution < -0.4 is 5.32 Å². The number of anilines is 2. The van der Waals surface area contributed by atoms with Crippen molar-refractivity contribution in [1.82, 2.24) is 9.97 Å². The van der Waals surface area contributed by atoms with Crippen LogP contribution in [-0.4, -0.2) is 9.97 Å². The van der Waals surface area contributed by atoms with Crippen molar-refractivity contribution in [2.24, 2.45) is 0 Å². The van der Waals surface area contributed by atoms with Gasteiger partial charge in [0.15, 0.2) is 0 Å². The van der Waals surface area contributed by atoms with Gasteiger partial charge in [-0.3, -0.25) is 0 Å². The molecule has 0 aliphatic rings. The van der Waals surface area contributed by atoms with E-state index in [1.165, 1.54) is 6.33 Å². The first-order valence-corrected chi connectivity index (χ1v) is 7.23. The molecule has 0 bridgehead atoms. The van der Waals surface area contributed by atoms with Gasteiger partial charge in [0.2, 0.25) is 0 Å². The molecule has 0 spiro atoms. The van der Waals surface area contributed by atoms with Gasteiger partial charge in [0.25, 0.3) is 0 Å². The van der Waals surface area contributed by atoms with Crippen molar-refractivity contribution in [2.75, 3.05) is 5.32 Å². The van der Waals surface area contributed by atoms with Gasteiger partial charge in [-0.25, -0.2) is 9.97 Å². The molecule has 1 aromatic heterocycles. The van der Waals surface area contributed by atoms with E-state index in [2.05, 4.69) is 57.2 Å². The monoisotopic (exact) mass is 339 g/mol. The van der Waals surface area contributed by atoms with E-state index in [1.807, 2.05) is 6.92 Å². The Morgan fingerprint density at radius 1 is 1.21 bits per heavy atom. The second-order valence-electron chi connectivity index (χ2n) is 4.38. The smallest absolute Gasteiger partial charge is 0.138 e. The first-order valence-electron chi connectivity index (χ1n) is 6.06. The Hall–Kier alpha value is -1.13. The molecule has 5 heteroatoms. The maximum Gasteiger partial charge on any atom is 0.138 e. The molecule has 0 saturated heterocycles. The molecule has 0 aliphatic heterocycles. The van der Waals surface area contributed by atoms with E-state index < -0.39 is 0 Å². The lowest BCUT2D eigenvalue weighted by atomic mass is 10.1. The molecule has 0 aliphatic carbocycles. The number of aryl methyl sites for hydroxylation is 2. The SMILES string of the molecule is CCc1c(Cl)ncnc1Nc1c(C)cc(Br)cc1C. The Kier molecular flexibility index (Phi) is 4.42. The number of rotatable bonds is 3. The lowest BCUT2D eigenvalue weighted by molar-refractivity contribution is 1.05. The third-order valence-corrected chi connectivity index (χ3v) is 3.77. The summed E-state index contributed by atoms with van der Waals surface area (Å²) >= 11 is 9.60. The Morgan fingerprint density at radius 2 is 1.84 bits per heavy atom. The Morgan fingerprint density at radius 3 is 2.42 bits per heavy atom. The fourth-order valence-corrected chi connectivity index (χ4v) is 2.99. The summed E-state index contributed by atoms with van der Waals surface area (Å²) in [4.78, 5) is 8.31. The minimum Gasteiger partial charge on any atom is -0.339 e. The lowest BCUT2D eigenvalue weighted by Gasteiger charge is -2.15. The molecule has 0 atom stereocenters.